The maximum Gasteiger partial charge on any atom is 0.412 e. The quantitative estimate of drug-likeness (QED) is 0.874. The summed E-state index contributed by atoms with van der Waals surface area (Å²) >= 11 is 0. The molecule has 0 aliphatic rings. The molecule has 8 nitrogen and oxygen atoms in total. The lowest BCUT2D eigenvalue weighted by molar-refractivity contribution is -0.117. The van der Waals surface area contributed by atoms with Gasteiger partial charge in [0.25, 0.3) is 0 Å². The molecule has 1 aromatic heterocycles. The van der Waals surface area contributed by atoms with Gasteiger partial charge in [-0.3, -0.25) is 10.1 Å². The third-order valence-electron chi connectivity index (χ3n) is 2.48. The van der Waals surface area contributed by atoms with E-state index in [-0.39, 0.29) is 24.7 Å². The summed E-state index contributed by atoms with van der Waals surface area (Å²) < 4.78 is 18.1. The fraction of sp³-hybridized carbons (Fsp3) is 0.231. The lowest BCUT2D eigenvalue weighted by Crippen LogP contribution is -2.21. The van der Waals surface area contributed by atoms with Gasteiger partial charge in [-0.25, -0.2) is 9.18 Å². The Hall–Kier alpha value is -2.97. The molecule has 2 rings (SSSR count). The van der Waals surface area contributed by atoms with Crippen LogP contribution in [0.1, 0.15) is 6.92 Å². The van der Waals surface area contributed by atoms with E-state index in [0.29, 0.717) is 0 Å². The van der Waals surface area contributed by atoms with Crippen molar-refractivity contribution in [3.63, 3.8) is 0 Å². The summed E-state index contributed by atoms with van der Waals surface area (Å²) in [6.45, 7) is 1.67. The number of carbonyl (C=O) groups excluding carboxylic acids is 2. The molecular weight excluding hydrogens is 293 g/mol. The molecule has 2 amide bonds. The molecule has 0 bridgehead atoms. The van der Waals surface area contributed by atoms with Gasteiger partial charge in [0.1, 0.15) is 12.4 Å². The van der Waals surface area contributed by atoms with E-state index in [4.69, 9.17) is 0 Å². The van der Waals surface area contributed by atoms with E-state index < -0.39 is 17.8 Å². The molecule has 0 spiro atoms. The van der Waals surface area contributed by atoms with Crippen molar-refractivity contribution in [2.75, 3.05) is 17.2 Å². The highest BCUT2D eigenvalue weighted by Gasteiger charge is 2.10. The van der Waals surface area contributed by atoms with Gasteiger partial charge >= 0.3 is 6.09 Å². The van der Waals surface area contributed by atoms with Crippen LogP contribution in [0, 0.1) is 5.82 Å². The number of aromatic nitrogens is 3. The van der Waals surface area contributed by atoms with E-state index in [0.717, 1.165) is 4.80 Å². The molecule has 22 heavy (non-hydrogen) atoms. The molecular formula is C13H14FN5O3. The number of nitrogens with one attached hydrogen (secondary N) is 2. The van der Waals surface area contributed by atoms with Crippen LogP contribution in [0.15, 0.2) is 30.5 Å². The van der Waals surface area contributed by atoms with Crippen LogP contribution in [0.5, 0.6) is 0 Å². The monoisotopic (exact) mass is 307 g/mol. The van der Waals surface area contributed by atoms with Crippen molar-refractivity contribution in [3.05, 3.63) is 36.3 Å². The highest BCUT2D eigenvalue weighted by Crippen LogP contribution is 2.12. The predicted octanol–water partition coefficient (Wildman–Crippen LogP) is 1.62. The third kappa shape index (κ3) is 4.27. The van der Waals surface area contributed by atoms with Crippen molar-refractivity contribution in [1.82, 2.24) is 15.0 Å². The molecule has 1 heterocycles. The average molecular weight is 307 g/mol. The van der Waals surface area contributed by atoms with Crippen LogP contribution in [0.3, 0.4) is 0 Å². The number of nitrogens with zero attached hydrogens (tertiary/aromatic N) is 3. The number of carbonyl (C=O) groups is 2. The minimum absolute atomic E-state index is 0.0736. The minimum atomic E-state index is -0.662. The molecule has 116 valence electrons. The van der Waals surface area contributed by atoms with E-state index in [1.165, 1.54) is 24.4 Å². The standard InChI is InChI=1S/C13H14FN5O3/c1-2-22-13(21)17-11-7-15-19(18-11)8-12(20)16-10-6-4-3-5-9(10)14/h3-7H,2,8H2,1H3,(H,16,20)(H,17,18,21). The summed E-state index contributed by atoms with van der Waals surface area (Å²) in [6.07, 6.45) is 0.609. The molecule has 0 unspecified atom stereocenters. The van der Waals surface area contributed by atoms with E-state index in [1.54, 1.807) is 13.0 Å². The topological polar surface area (TPSA) is 98.1 Å². The second kappa shape index (κ2) is 7.16. The van der Waals surface area contributed by atoms with Crippen molar-refractivity contribution in [2.45, 2.75) is 13.5 Å². The summed E-state index contributed by atoms with van der Waals surface area (Å²) in [5.74, 6) is -0.880. The van der Waals surface area contributed by atoms with Crippen LogP contribution in [0.2, 0.25) is 0 Å². The number of benzene rings is 1. The van der Waals surface area contributed by atoms with Crippen molar-refractivity contribution in [3.8, 4) is 0 Å². The molecule has 0 aliphatic carbocycles. The van der Waals surface area contributed by atoms with Crippen LogP contribution in [0.4, 0.5) is 20.7 Å². The Labute approximate surface area is 125 Å². The first-order chi connectivity index (χ1) is 10.6. The Kier molecular flexibility index (Phi) is 5.02. The highest BCUT2D eigenvalue weighted by atomic mass is 19.1. The third-order valence-corrected chi connectivity index (χ3v) is 2.48. The molecule has 0 aliphatic heterocycles. The van der Waals surface area contributed by atoms with Crippen LogP contribution in [-0.4, -0.2) is 33.6 Å². The first-order valence-electron chi connectivity index (χ1n) is 6.46. The van der Waals surface area contributed by atoms with Crippen LogP contribution < -0.4 is 10.6 Å². The zero-order valence-electron chi connectivity index (χ0n) is 11.7. The number of ether oxygens (including phenoxy) is 1. The Morgan fingerprint density at radius 2 is 2.09 bits per heavy atom. The highest BCUT2D eigenvalue weighted by molar-refractivity contribution is 5.90. The predicted molar refractivity (Wildman–Crippen MR) is 75.7 cm³/mol. The van der Waals surface area contributed by atoms with Gasteiger partial charge in [0.15, 0.2) is 5.82 Å². The van der Waals surface area contributed by atoms with E-state index in [1.807, 2.05) is 0 Å². The summed E-state index contributed by atoms with van der Waals surface area (Å²) in [4.78, 5) is 24.0. The summed E-state index contributed by atoms with van der Waals surface area (Å²) in [6, 6.07) is 5.81. The van der Waals surface area contributed by atoms with Crippen molar-refractivity contribution < 1.29 is 18.7 Å². The number of hydrogen-bond acceptors (Lipinski definition) is 5. The van der Waals surface area contributed by atoms with Gasteiger partial charge in [-0.15, -0.1) is 5.10 Å². The van der Waals surface area contributed by atoms with Crippen LogP contribution in [-0.2, 0) is 16.1 Å². The minimum Gasteiger partial charge on any atom is -0.450 e. The molecule has 2 N–H and O–H groups in total. The van der Waals surface area contributed by atoms with E-state index in [2.05, 4.69) is 25.6 Å². The van der Waals surface area contributed by atoms with E-state index >= 15 is 0 Å². The van der Waals surface area contributed by atoms with Crippen molar-refractivity contribution in [1.29, 1.82) is 0 Å². The lowest BCUT2D eigenvalue weighted by atomic mass is 10.3. The smallest absolute Gasteiger partial charge is 0.412 e. The van der Waals surface area contributed by atoms with Gasteiger partial charge in [0.2, 0.25) is 5.91 Å². The van der Waals surface area contributed by atoms with Crippen molar-refractivity contribution >= 4 is 23.5 Å². The Morgan fingerprint density at radius 3 is 2.82 bits per heavy atom. The average Bonchev–Trinajstić information content (AvgIpc) is 2.88. The number of amides is 2. The van der Waals surface area contributed by atoms with Crippen molar-refractivity contribution in [2.24, 2.45) is 0 Å². The number of rotatable bonds is 5. The number of para-hydroxylation sites is 1. The van der Waals surface area contributed by atoms with Gasteiger partial charge in [-0.2, -0.15) is 9.90 Å². The van der Waals surface area contributed by atoms with Gasteiger partial charge in [-0.1, -0.05) is 12.1 Å². The van der Waals surface area contributed by atoms with Gasteiger partial charge in [0.05, 0.1) is 18.5 Å². The number of hydrogen-bond donors (Lipinski definition) is 2. The molecule has 0 fully saturated rings. The molecule has 0 saturated heterocycles. The summed E-state index contributed by atoms with van der Waals surface area (Å²) in [7, 11) is 0. The summed E-state index contributed by atoms with van der Waals surface area (Å²) in [5, 5.41) is 12.4. The maximum atomic E-state index is 13.4. The molecule has 2 aromatic rings. The van der Waals surface area contributed by atoms with Gasteiger partial charge in [-0.05, 0) is 19.1 Å². The zero-order valence-corrected chi connectivity index (χ0v) is 11.7. The second-order valence-electron chi connectivity index (χ2n) is 4.13. The number of anilines is 2. The van der Waals surface area contributed by atoms with E-state index in [9.17, 15) is 14.0 Å². The summed E-state index contributed by atoms with van der Waals surface area (Å²) in [5.41, 5.74) is 0.0736. The Morgan fingerprint density at radius 1 is 1.32 bits per heavy atom. The normalized spacial score (nSPS) is 10.1. The number of halogens is 1. The van der Waals surface area contributed by atoms with Gasteiger partial charge < -0.3 is 10.1 Å². The lowest BCUT2D eigenvalue weighted by Gasteiger charge is -2.05. The zero-order chi connectivity index (χ0) is 15.9. The SMILES string of the molecule is CCOC(=O)Nc1cnn(CC(=O)Nc2ccccc2F)n1. The molecule has 0 atom stereocenters. The Balaban J connectivity index is 1.91. The molecule has 1 aromatic carbocycles. The maximum absolute atomic E-state index is 13.4. The molecule has 9 heteroatoms. The largest absolute Gasteiger partial charge is 0.450 e. The Bertz CT molecular complexity index is 673. The first kappa shape index (κ1) is 15.4. The second-order valence-corrected chi connectivity index (χ2v) is 4.13. The fourth-order valence-electron chi connectivity index (χ4n) is 1.58. The first-order valence-corrected chi connectivity index (χ1v) is 6.46. The van der Waals surface area contributed by atoms with Crippen LogP contribution in [0.25, 0.3) is 0 Å². The molecule has 0 radical (unpaired) electrons. The fourth-order valence-corrected chi connectivity index (χ4v) is 1.58. The van der Waals surface area contributed by atoms with Crippen LogP contribution >= 0.6 is 0 Å². The van der Waals surface area contributed by atoms with Gasteiger partial charge in [0, 0.05) is 0 Å². The molecule has 0 saturated carbocycles.